The van der Waals surface area contributed by atoms with E-state index in [4.69, 9.17) is 0 Å². The van der Waals surface area contributed by atoms with E-state index in [0.717, 1.165) is 6.07 Å². The molecule has 0 unspecified atom stereocenters. The fraction of sp³-hybridized carbons (Fsp3) is 0.300. The minimum absolute atomic E-state index is 0.0280. The summed E-state index contributed by atoms with van der Waals surface area (Å²) in [5.74, 6) is -0.391. The van der Waals surface area contributed by atoms with Gasteiger partial charge in [0.05, 0.1) is 5.56 Å². The first-order valence-electron chi connectivity index (χ1n) is 4.27. The number of hydrogen-bond acceptors (Lipinski definition) is 1. The van der Waals surface area contributed by atoms with Crippen molar-refractivity contribution < 1.29 is 18.0 Å². The Morgan fingerprint density at radius 1 is 1.33 bits per heavy atom. The van der Waals surface area contributed by atoms with Gasteiger partial charge in [-0.1, -0.05) is 6.07 Å². The zero-order chi connectivity index (χ0) is 11.6. The van der Waals surface area contributed by atoms with Crippen LogP contribution in [0, 0.1) is 6.92 Å². The highest BCUT2D eigenvalue weighted by molar-refractivity contribution is 5.89. The van der Waals surface area contributed by atoms with Crippen molar-refractivity contribution in [1.82, 2.24) is 0 Å². The number of anilines is 1. The van der Waals surface area contributed by atoms with Crippen molar-refractivity contribution in [2.75, 3.05) is 5.32 Å². The van der Waals surface area contributed by atoms with Crippen LogP contribution in [-0.2, 0) is 11.0 Å². The average molecular weight is 217 g/mol. The topological polar surface area (TPSA) is 29.1 Å². The first kappa shape index (κ1) is 11.6. The molecule has 2 nitrogen and oxygen atoms in total. The Labute approximate surface area is 85.1 Å². The van der Waals surface area contributed by atoms with Gasteiger partial charge in [-0.25, -0.2) is 0 Å². The molecule has 0 fully saturated rings. The van der Waals surface area contributed by atoms with Crippen LogP contribution >= 0.6 is 0 Å². The molecule has 0 aromatic heterocycles. The molecule has 1 amide bonds. The van der Waals surface area contributed by atoms with Crippen LogP contribution in [0.3, 0.4) is 0 Å². The minimum Gasteiger partial charge on any atom is -0.326 e. The molecule has 1 N–H and O–H groups in total. The maximum absolute atomic E-state index is 12.5. The number of nitrogens with one attached hydrogen (secondary N) is 1. The molecule has 0 radical (unpaired) electrons. The van der Waals surface area contributed by atoms with Gasteiger partial charge in [-0.2, -0.15) is 13.2 Å². The van der Waals surface area contributed by atoms with E-state index in [2.05, 4.69) is 5.32 Å². The van der Waals surface area contributed by atoms with E-state index in [1.807, 2.05) is 0 Å². The highest BCUT2D eigenvalue weighted by Gasteiger charge is 2.32. The smallest absolute Gasteiger partial charge is 0.326 e. The molecule has 0 bridgehead atoms. The van der Waals surface area contributed by atoms with Crippen LogP contribution in [0.25, 0.3) is 0 Å². The van der Waals surface area contributed by atoms with Crippen LogP contribution in [0.1, 0.15) is 18.1 Å². The number of hydrogen-bond donors (Lipinski definition) is 1. The van der Waals surface area contributed by atoms with Crippen LogP contribution < -0.4 is 5.32 Å². The van der Waals surface area contributed by atoms with Gasteiger partial charge in [-0.05, 0) is 24.6 Å². The van der Waals surface area contributed by atoms with Gasteiger partial charge in [0.25, 0.3) is 0 Å². The van der Waals surface area contributed by atoms with Crippen molar-refractivity contribution in [2.24, 2.45) is 0 Å². The Hall–Kier alpha value is -1.52. The number of alkyl halides is 3. The average Bonchev–Trinajstić information content (AvgIpc) is 2.05. The minimum atomic E-state index is -4.39. The van der Waals surface area contributed by atoms with E-state index < -0.39 is 17.6 Å². The standard InChI is InChI=1S/C10H10F3NO/c1-6-8(10(11,12)13)4-3-5-9(6)14-7(2)15/h3-5H,1-2H3,(H,14,15). The van der Waals surface area contributed by atoms with Crippen LogP contribution in [0.15, 0.2) is 18.2 Å². The predicted octanol–water partition coefficient (Wildman–Crippen LogP) is 2.97. The Morgan fingerprint density at radius 3 is 2.40 bits per heavy atom. The third kappa shape index (κ3) is 2.71. The van der Waals surface area contributed by atoms with E-state index in [9.17, 15) is 18.0 Å². The van der Waals surface area contributed by atoms with Crippen molar-refractivity contribution in [1.29, 1.82) is 0 Å². The lowest BCUT2D eigenvalue weighted by Crippen LogP contribution is -2.12. The quantitative estimate of drug-likeness (QED) is 0.769. The van der Waals surface area contributed by atoms with E-state index in [1.54, 1.807) is 0 Å². The molecular formula is C10H10F3NO. The summed E-state index contributed by atoms with van der Waals surface area (Å²) in [6, 6.07) is 3.69. The lowest BCUT2D eigenvalue weighted by atomic mass is 10.1. The van der Waals surface area contributed by atoms with Crippen molar-refractivity contribution in [2.45, 2.75) is 20.0 Å². The number of benzene rings is 1. The summed E-state index contributed by atoms with van der Waals surface area (Å²) in [7, 11) is 0. The number of rotatable bonds is 1. The molecule has 0 saturated heterocycles. The van der Waals surface area contributed by atoms with Crippen LogP contribution in [-0.4, -0.2) is 5.91 Å². The Kier molecular flexibility index (Phi) is 3.02. The fourth-order valence-electron chi connectivity index (χ4n) is 1.27. The third-order valence-corrected chi connectivity index (χ3v) is 1.95. The van der Waals surface area contributed by atoms with Gasteiger partial charge in [-0.3, -0.25) is 4.79 Å². The molecule has 0 atom stereocenters. The second kappa shape index (κ2) is 3.92. The molecule has 1 rings (SSSR count). The molecule has 1 aromatic carbocycles. The molecule has 0 aliphatic rings. The zero-order valence-corrected chi connectivity index (χ0v) is 8.27. The Morgan fingerprint density at radius 2 is 1.93 bits per heavy atom. The first-order valence-corrected chi connectivity index (χ1v) is 4.27. The van der Waals surface area contributed by atoms with E-state index >= 15 is 0 Å². The summed E-state index contributed by atoms with van der Waals surface area (Å²) < 4.78 is 37.4. The van der Waals surface area contributed by atoms with Crippen molar-refractivity contribution in [3.63, 3.8) is 0 Å². The second-order valence-electron chi connectivity index (χ2n) is 3.16. The third-order valence-electron chi connectivity index (χ3n) is 1.95. The summed E-state index contributed by atoms with van der Waals surface area (Å²) in [6.07, 6.45) is -4.39. The molecule has 15 heavy (non-hydrogen) atoms. The summed E-state index contributed by atoms with van der Waals surface area (Å²) >= 11 is 0. The second-order valence-corrected chi connectivity index (χ2v) is 3.16. The molecule has 82 valence electrons. The molecule has 0 spiro atoms. The van der Waals surface area contributed by atoms with Crippen molar-refractivity contribution in [3.05, 3.63) is 29.3 Å². The van der Waals surface area contributed by atoms with Crippen molar-refractivity contribution >= 4 is 11.6 Å². The predicted molar refractivity (Wildman–Crippen MR) is 50.5 cm³/mol. The molecule has 0 aliphatic carbocycles. The maximum atomic E-state index is 12.5. The van der Waals surface area contributed by atoms with E-state index in [0.29, 0.717) is 0 Å². The molecule has 0 heterocycles. The van der Waals surface area contributed by atoms with Crippen molar-refractivity contribution in [3.8, 4) is 0 Å². The maximum Gasteiger partial charge on any atom is 0.416 e. The summed E-state index contributed by atoms with van der Waals surface area (Å²) in [5, 5.41) is 2.35. The van der Waals surface area contributed by atoms with Gasteiger partial charge in [0, 0.05) is 12.6 Å². The Balaban J connectivity index is 3.17. The van der Waals surface area contributed by atoms with Gasteiger partial charge in [0.1, 0.15) is 0 Å². The number of carbonyl (C=O) groups is 1. The number of halogens is 3. The molecule has 0 saturated carbocycles. The monoisotopic (exact) mass is 217 g/mol. The zero-order valence-electron chi connectivity index (χ0n) is 8.27. The van der Waals surface area contributed by atoms with Crippen LogP contribution in [0.5, 0.6) is 0 Å². The normalized spacial score (nSPS) is 11.3. The summed E-state index contributed by atoms with van der Waals surface area (Å²) in [4.78, 5) is 10.7. The molecule has 0 aliphatic heterocycles. The van der Waals surface area contributed by atoms with Gasteiger partial charge in [0.2, 0.25) is 5.91 Å². The molecular weight excluding hydrogens is 207 g/mol. The summed E-state index contributed by atoms with van der Waals surface area (Å²) in [6.45, 7) is 2.58. The van der Waals surface area contributed by atoms with Gasteiger partial charge in [0.15, 0.2) is 0 Å². The number of amides is 1. The lowest BCUT2D eigenvalue weighted by molar-refractivity contribution is -0.138. The van der Waals surface area contributed by atoms with E-state index in [1.165, 1.54) is 26.0 Å². The Bertz CT molecular complexity index is 385. The van der Waals surface area contributed by atoms with Gasteiger partial charge >= 0.3 is 6.18 Å². The summed E-state index contributed by atoms with van der Waals surface area (Å²) in [5.41, 5.74) is -0.508. The fourth-order valence-corrected chi connectivity index (χ4v) is 1.27. The molecule has 5 heteroatoms. The lowest BCUT2D eigenvalue weighted by Gasteiger charge is -2.13. The highest BCUT2D eigenvalue weighted by atomic mass is 19.4. The van der Waals surface area contributed by atoms with E-state index in [-0.39, 0.29) is 11.3 Å². The van der Waals surface area contributed by atoms with Gasteiger partial charge in [-0.15, -0.1) is 0 Å². The van der Waals surface area contributed by atoms with Gasteiger partial charge < -0.3 is 5.32 Å². The highest BCUT2D eigenvalue weighted by Crippen LogP contribution is 2.34. The largest absolute Gasteiger partial charge is 0.416 e. The SMILES string of the molecule is CC(=O)Nc1cccc(C(F)(F)F)c1C. The van der Waals surface area contributed by atoms with Crippen LogP contribution in [0.4, 0.5) is 18.9 Å². The molecule has 1 aromatic rings. The number of carbonyl (C=O) groups excluding carboxylic acids is 1. The first-order chi connectivity index (χ1) is 6.82. The van der Waals surface area contributed by atoms with Crippen LogP contribution in [0.2, 0.25) is 0 Å².